The van der Waals surface area contributed by atoms with Gasteiger partial charge < -0.3 is 5.32 Å². The van der Waals surface area contributed by atoms with Crippen LogP contribution in [-0.4, -0.2) is 27.1 Å². The maximum absolute atomic E-state index is 12.0. The third kappa shape index (κ3) is 5.37. The first kappa shape index (κ1) is 17.5. The van der Waals surface area contributed by atoms with Crippen molar-refractivity contribution in [3.63, 3.8) is 0 Å². The molecule has 0 bridgehead atoms. The fraction of sp³-hybridized carbons (Fsp3) is 0.188. The molecule has 23 heavy (non-hydrogen) atoms. The van der Waals surface area contributed by atoms with Crippen LogP contribution < -0.4 is 9.62 Å². The van der Waals surface area contributed by atoms with Gasteiger partial charge in [0.05, 0.1) is 11.9 Å². The molecule has 1 amide bonds. The van der Waals surface area contributed by atoms with Gasteiger partial charge in [-0.25, -0.2) is 8.42 Å². The predicted molar refractivity (Wildman–Crippen MR) is 96.0 cm³/mol. The number of sulfonamides is 1. The van der Waals surface area contributed by atoms with Gasteiger partial charge in [-0.3, -0.25) is 9.10 Å². The summed E-state index contributed by atoms with van der Waals surface area (Å²) in [5.41, 5.74) is 1.21. The largest absolute Gasteiger partial charge is 0.326 e. The van der Waals surface area contributed by atoms with Crippen molar-refractivity contribution < 1.29 is 13.2 Å². The molecule has 2 aromatic carbocycles. The van der Waals surface area contributed by atoms with E-state index in [1.54, 1.807) is 36.4 Å². The van der Waals surface area contributed by atoms with Gasteiger partial charge in [-0.15, -0.1) is 0 Å². The lowest BCUT2D eigenvalue weighted by Gasteiger charge is -2.22. The van der Waals surface area contributed by atoms with Gasteiger partial charge in [0.25, 0.3) is 0 Å². The van der Waals surface area contributed by atoms with Crippen LogP contribution in [0.25, 0.3) is 0 Å². The number of carbonyl (C=O) groups excluding carboxylic acids is 1. The van der Waals surface area contributed by atoms with E-state index in [-0.39, 0.29) is 18.9 Å². The van der Waals surface area contributed by atoms with E-state index >= 15 is 0 Å². The first-order valence-corrected chi connectivity index (χ1v) is 9.58. The molecule has 0 fully saturated rings. The number of carbonyl (C=O) groups is 1. The second-order valence-electron chi connectivity index (χ2n) is 4.98. The average molecular weight is 397 g/mol. The fourth-order valence-corrected chi connectivity index (χ4v) is 3.40. The summed E-state index contributed by atoms with van der Waals surface area (Å²) in [5, 5.41) is 2.75. The molecule has 0 saturated heterocycles. The molecule has 7 heteroatoms. The van der Waals surface area contributed by atoms with Gasteiger partial charge >= 0.3 is 0 Å². The quantitative estimate of drug-likeness (QED) is 0.814. The Hall–Kier alpha value is -1.86. The zero-order chi connectivity index (χ0) is 16.9. The zero-order valence-electron chi connectivity index (χ0n) is 12.6. The Kier molecular flexibility index (Phi) is 5.79. The second kappa shape index (κ2) is 7.61. The van der Waals surface area contributed by atoms with Gasteiger partial charge in [0.15, 0.2) is 0 Å². The normalized spacial score (nSPS) is 11.0. The van der Waals surface area contributed by atoms with E-state index in [1.807, 2.05) is 18.2 Å². The van der Waals surface area contributed by atoms with E-state index in [0.717, 1.165) is 10.7 Å². The molecular weight excluding hydrogens is 380 g/mol. The first-order chi connectivity index (χ1) is 10.9. The Morgan fingerprint density at radius 3 is 2.43 bits per heavy atom. The molecule has 1 N–H and O–H groups in total. The summed E-state index contributed by atoms with van der Waals surface area (Å²) >= 11 is 3.33. The molecule has 0 aliphatic carbocycles. The van der Waals surface area contributed by atoms with Gasteiger partial charge in [0.1, 0.15) is 0 Å². The van der Waals surface area contributed by atoms with Gasteiger partial charge in [-0.1, -0.05) is 40.2 Å². The molecule has 2 aromatic rings. The van der Waals surface area contributed by atoms with Gasteiger partial charge in [0, 0.05) is 23.1 Å². The molecule has 0 spiro atoms. The summed E-state index contributed by atoms with van der Waals surface area (Å²) in [7, 11) is -3.45. The van der Waals surface area contributed by atoms with Crippen molar-refractivity contribution in [2.45, 2.75) is 6.42 Å². The highest BCUT2D eigenvalue weighted by Gasteiger charge is 2.18. The molecule has 0 heterocycles. The number of amides is 1. The zero-order valence-corrected chi connectivity index (χ0v) is 15.0. The van der Waals surface area contributed by atoms with Crippen LogP contribution in [0.1, 0.15) is 6.42 Å². The smallest absolute Gasteiger partial charge is 0.232 e. The predicted octanol–water partition coefficient (Wildman–Crippen LogP) is 3.24. The van der Waals surface area contributed by atoms with Crippen molar-refractivity contribution in [3.8, 4) is 0 Å². The Morgan fingerprint density at radius 2 is 1.83 bits per heavy atom. The van der Waals surface area contributed by atoms with Crippen molar-refractivity contribution >= 4 is 43.2 Å². The van der Waals surface area contributed by atoms with Crippen LogP contribution in [0, 0.1) is 0 Å². The van der Waals surface area contributed by atoms with Crippen LogP contribution in [0.5, 0.6) is 0 Å². The SMILES string of the molecule is CS(=O)(=O)N(CCC(=O)Nc1cccc(Br)c1)c1ccccc1. The van der Waals surface area contributed by atoms with Crippen LogP contribution in [0.15, 0.2) is 59.1 Å². The number of halogens is 1. The number of nitrogens with zero attached hydrogens (tertiary/aromatic N) is 1. The minimum Gasteiger partial charge on any atom is -0.326 e. The molecule has 0 aromatic heterocycles. The van der Waals surface area contributed by atoms with Crippen molar-refractivity contribution in [3.05, 3.63) is 59.1 Å². The molecule has 0 aliphatic heterocycles. The van der Waals surface area contributed by atoms with Crippen LogP contribution in [0.2, 0.25) is 0 Å². The molecule has 0 radical (unpaired) electrons. The van der Waals surface area contributed by atoms with E-state index in [1.165, 1.54) is 4.31 Å². The number of para-hydroxylation sites is 1. The Labute approximate surface area is 144 Å². The van der Waals surface area contributed by atoms with E-state index in [4.69, 9.17) is 0 Å². The summed E-state index contributed by atoms with van der Waals surface area (Å²) < 4.78 is 26.0. The summed E-state index contributed by atoms with van der Waals surface area (Å²) in [5.74, 6) is -0.243. The summed E-state index contributed by atoms with van der Waals surface area (Å²) in [6, 6.07) is 16.0. The molecule has 2 rings (SSSR count). The summed E-state index contributed by atoms with van der Waals surface area (Å²) in [6.45, 7) is 0.0860. The molecular formula is C16H17BrN2O3S. The lowest BCUT2D eigenvalue weighted by molar-refractivity contribution is -0.116. The third-order valence-electron chi connectivity index (χ3n) is 3.09. The summed E-state index contributed by atoms with van der Waals surface area (Å²) in [4.78, 5) is 12.0. The van der Waals surface area contributed by atoms with Crippen LogP contribution in [-0.2, 0) is 14.8 Å². The van der Waals surface area contributed by atoms with Crippen molar-refractivity contribution in [1.29, 1.82) is 0 Å². The number of hydrogen-bond donors (Lipinski definition) is 1. The molecule has 0 atom stereocenters. The van der Waals surface area contributed by atoms with Crippen LogP contribution in [0.3, 0.4) is 0 Å². The highest BCUT2D eigenvalue weighted by Crippen LogP contribution is 2.18. The van der Waals surface area contributed by atoms with Crippen LogP contribution >= 0.6 is 15.9 Å². The average Bonchev–Trinajstić information content (AvgIpc) is 2.47. The lowest BCUT2D eigenvalue weighted by Crippen LogP contribution is -2.33. The second-order valence-corrected chi connectivity index (χ2v) is 7.80. The lowest BCUT2D eigenvalue weighted by atomic mass is 10.3. The molecule has 0 aliphatic rings. The molecule has 0 saturated carbocycles. The third-order valence-corrected chi connectivity index (χ3v) is 4.78. The maximum Gasteiger partial charge on any atom is 0.232 e. The van der Waals surface area contributed by atoms with Crippen molar-refractivity contribution in [1.82, 2.24) is 0 Å². The number of nitrogens with one attached hydrogen (secondary N) is 1. The van der Waals surface area contributed by atoms with E-state index in [0.29, 0.717) is 11.4 Å². The van der Waals surface area contributed by atoms with E-state index in [2.05, 4.69) is 21.2 Å². The highest BCUT2D eigenvalue weighted by atomic mass is 79.9. The van der Waals surface area contributed by atoms with Crippen LogP contribution in [0.4, 0.5) is 11.4 Å². The monoisotopic (exact) mass is 396 g/mol. The molecule has 0 unspecified atom stereocenters. The number of anilines is 2. The van der Waals surface area contributed by atoms with Crippen molar-refractivity contribution in [2.24, 2.45) is 0 Å². The number of rotatable bonds is 6. The van der Waals surface area contributed by atoms with E-state index in [9.17, 15) is 13.2 Å². The topological polar surface area (TPSA) is 66.5 Å². The minimum absolute atomic E-state index is 0.0640. The van der Waals surface area contributed by atoms with Gasteiger partial charge in [-0.2, -0.15) is 0 Å². The van der Waals surface area contributed by atoms with Gasteiger partial charge in [0.2, 0.25) is 15.9 Å². The molecule has 122 valence electrons. The Bertz CT molecular complexity index is 779. The fourth-order valence-electron chi connectivity index (χ4n) is 2.07. The van der Waals surface area contributed by atoms with Gasteiger partial charge in [-0.05, 0) is 30.3 Å². The Morgan fingerprint density at radius 1 is 1.13 bits per heavy atom. The highest BCUT2D eigenvalue weighted by molar-refractivity contribution is 9.10. The molecule has 5 nitrogen and oxygen atoms in total. The standard InChI is InChI=1S/C16H17BrN2O3S/c1-23(21,22)19(15-8-3-2-4-9-15)11-10-16(20)18-14-7-5-6-13(17)12-14/h2-9,12H,10-11H2,1H3,(H,18,20). The van der Waals surface area contributed by atoms with E-state index < -0.39 is 10.0 Å². The maximum atomic E-state index is 12.0. The number of benzene rings is 2. The summed E-state index contributed by atoms with van der Waals surface area (Å²) in [6.07, 6.45) is 1.20. The Balaban J connectivity index is 2.03. The number of hydrogen-bond acceptors (Lipinski definition) is 3. The minimum atomic E-state index is -3.45. The van der Waals surface area contributed by atoms with Crippen molar-refractivity contribution in [2.75, 3.05) is 22.4 Å². The first-order valence-electron chi connectivity index (χ1n) is 6.94.